The van der Waals surface area contributed by atoms with Gasteiger partial charge in [-0.25, -0.2) is 4.57 Å². The second-order valence-electron chi connectivity index (χ2n) is 20.6. The smallest absolute Gasteiger partial charge is 0.387 e. The minimum atomic E-state index is -4.38. The Bertz CT molecular complexity index is 1600. The third-order valence-corrected chi connectivity index (χ3v) is 13.4. The zero-order valence-corrected chi connectivity index (χ0v) is 48.5. The molecule has 0 saturated carbocycles. The molecule has 0 aromatic rings. The van der Waals surface area contributed by atoms with Crippen molar-refractivity contribution in [1.29, 1.82) is 0 Å². The first-order chi connectivity index (χ1) is 35.5. The SMILES string of the molecule is CC/C=C\C/C=C\C/C=C\C/C=C\C/C=C\C/C=C\C/C=C\C/C=C\CCCCC(=O)NC(COP(=O)(O)OCC[N+](C)(C)C)C(O)/C=C/CC/C=C/CCCCCCCCCCCCCCCCCCCC. The number of aliphatic hydroxyl groups is 1. The van der Waals surface area contributed by atoms with E-state index in [0.717, 1.165) is 83.5 Å². The molecule has 0 spiro atoms. The van der Waals surface area contributed by atoms with Crippen LogP contribution in [0.3, 0.4) is 0 Å². The van der Waals surface area contributed by atoms with Crippen molar-refractivity contribution < 1.29 is 32.9 Å². The van der Waals surface area contributed by atoms with E-state index >= 15 is 0 Å². The number of allylic oxidation sites excluding steroid dienone is 19. The van der Waals surface area contributed by atoms with Gasteiger partial charge in [-0.3, -0.25) is 13.8 Å². The zero-order valence-electron chi connectivity index (χ0n) is 47.6. The van der Waals surface area contributed by atoms with Crippen molar-refractivity contribution in [2.75, 3.05) is 40.9 Å². The van der Waals surface area contributed by atoms with E-state index in [0.29, 0.717) is 17.4 Å². The monoisotopic (exact) mass is 1040 g/mol. The summed E-state index contributed by atoms with van der Waals surface area (Å²) in [5, 5.41) is 13.9. The largest absolute Gasteiger partial charge is 0.472 e. The predicted molar refractivity (Wildman–Crippen MR) is 318 cm³/mol. The molecule has 0 fully saturated rings. The maximum atomic E-state index is 13.0. The summed E-state index contributed by atoms with van der Waals surface area (Å²) in [5.74, 6) is -0.233. The molecule has 8 nitrogen and oxygen atoms in total. The summed E-state index contributed by atoms with van der Waals surface area (Å²) in [6.07, 6.45) is 80.3. The molecule has 9 heteroatoms. The highest BCUT2D eigenvalue weighted by Gasteiger charge is 2.27. The van der Waals surface area contributed by atoms with Gasteiger partial charge < -0.3 is 19.8 Å². The first-order valence-corrected chi connectivity index (χ1v) is 30.9. The molecule has 0 radical (unpaired) electrons. The molecule has 0 aliphatic rings. The van der Waals surface area contributed by atoms with Crippen LogP contribution < -0.4 is 5.32 Å². The number of hydrogen-bond acceptors (Lipinski definition) is 5. The molecule has 3 unspecified atom stereocenters. The van der Waals surface area contributed by atoms with Gasteiger partial charge in [0.05, 0.1) is 39.9 Å². The van der Waals surface area contributed by atoms with Gasteiger partial charge >= 0.3 is 7.82 Å². The standard InChI is InChI=1S/C64H111N2O6P/c1-6-8-10-12-14-16-18-20-22-24-26-28-30-32-33-34-36-38-40-42-44-46-48-50-52-54-56-58-64(68)65-62(61-72-73(69,70)71-60-59-66(3,4)5)63(67)57-55-53-51-49-47-45-43-41-39-37-35-31-29-27-25-23-21-19-17-15-13-11-9-7-2/h8,10,14,16,20,22,26,28,32-33,36,38,42,44,47-50,55,57,62-63,67H,6-7,9,11-13,15,17-19,21,23-25,27,29-31,34-35,37,39-41,43,45-46,51-54,56,58-61H2,1-5H3,(H-,65,68,69,70)/p+1/b10-8-,16-14-,22-20-,28-26-,33-32-,38-36-,44-42-,49-47+,50-48-,57-55+. The van der Waals surface area contributed by atoms with Crippen molar-refractivity contribution in [2.24, 2.45) is 0 Å². The Balaban J connectivity index is 4.39. The number of nitrogens with zero attached hydrogens (tertiary/aromatic N) is 1. The molecule has 0 aromatic heterocycles. The Hall–Kier alpha value is -3.10. The summed E-state index contributed by atoms with van der Waals surface area (Å²) in [7, 11) is 1.51. The van der Waals surface area contributed by atoms with Gasteiger partial charge in [-0.2, -0.15) is 0 Å². The van der Waals surface area contributed by atoms with E-state index in [1.165, 1.54) is 116 Å². The second-order valence-corrected chi connectivity index (χ2v) is 22.1. The Labute approximate surface area is 450 Å². The minimum absolute atomic E-state index is 0.0405. The summed E-state index contributed by atoms with van der Waals surface area (Å²) in [6.45, 7) is 4.65. The van der Waals surface area contributed by atoms with Crippen LogP contribution in [0.2, 0.25) is 0 Å². The average molecular weight is 1040 g/mol. The third kappa shape index (κ3) is 56.5. The summed E-state index contributed by atoms with van der Waals surface area (Å²) in [4.78, 5) is 23.3. The molecule has 418 valence electrons. The van der Waals surface area contributed by atoms with Gasteiger partial charge in [0.2, 0.25) is 5.91 Å². The summed E-state index contributed by atoms with van der Waals surface area (Å²) >= 11 is 0. The lowest BCUT2D eigenvalue weighted by Gasteiger charge is -2.25. The van der Waals surface area contributed by atoms with Crippen LogP contribution in [0.25, 0.3) is 0 Å². The third-order valence-electron chi connectivity index (χ3n) is 12.4. The molecule has 73 heavy (non-hydrogen) atoms. The van der Waals surface area contributed by atoms with E-state index in [9.17, 15) is 19.4 Å². The molecular weight excluding hydrogens is 924 g/mol. The number of phosphoric acid groups is 1. The Morgan fingerprint density at radius 1 is 0.479 bits per heavy atom. The average Bonchev–Trinajstić information content (AvgIpc) is 3.35. The highest BCUT2D eigenvalue weighted by atomic mass is 31.2. The van der Waals surface area contributed by atoms with Crippen LogP contribution in [-0.2, 0) is 18.4 Å². The van der Waals surface area contributed by atoms with Gasteiger partial charge in [0.15, 0.2) is 0 Å². The van der Waals surface area contributed by atoms with Gasteiger partial charge in [0.1, 0.15) is 13.2 Å². The molecule has 0 heterocycles. The number of amides is 1. The number of quaternary nitrogens is 1. The van der Waals surface area contributed by atoms with Crippen molar-refractivity contribution in [3.63, 3.8) is 0 Å². The summed E-state index contributed by atoms with van der Waals surface area (Å²) in [5.41, 5.74) is 0. The number of hydrogen-bond donors (Lipinski definition) is 3. The fourth-order valence-electron chi connectivity index (χ4n) is 7.84. The first-order valence-electron chi connectivity index (χ1n) is 29.4. The van der Waals surface area contributed by atoms with Crippen LogP contribution in [0.4, 0.5) is 0 Å². The number of phosphoric ester groups is 1. The fraction of sp³-hybridized carbons (Fsp3) is 0.672. The fourth-order valence-corrected chi connectivity index (χ4v) is 8.57. The highest BCUT2D eigenvalue weighted by molar-refractivity contribution is 7.47. The Morgan fingerprint density at radius 2 is 0.836 bits per heavy atom. The molecule has 0 aromatic carbocycles. The van der Waals surface area contributed by atoms with Crippen LogP contribution in [0.1, 0.15) is 226 Å². The Morgan fingerprint density at radius 3 is 1.26 bits per heavy atom. The van der Waals surface area contributed by atoms with E-state index in [2.05, 4.69) is 129 Å². The number of carbonyl (C=O) groups is 1. The molecule has 0 bridgehead atoms. The van der Waals surface area contributed by atoms with Gasteiger partial charge in [0, 0.05) is 6.42 Å². The lowest BCUT2D eigenvalue weighted by atomic mass is 10.0. The maximum Gasteiger partial charge on any atom is 0.472 e. The lowest BCUT2D eigenvalue weighted by molar-refractivity contribution is -0.870. The number of likely N-dealkylation sites (N-methyl/N-ethyl adjacent to an activating group) is 1. The summed E-state index contributed by atoms with van der Waals surface area (Å²) in [6, 6.07) is -0.897. The van der Waals surface area contributed by atoms with Gasteiger partial charge in [-0.05, 0) is 96.3 Å². The topological polar surface area (TPSA) is 105 Å². The van der Waals surface area contributed by atoms with Crippen molar-refractivity contribution in [2.45, 2.75) is 238 Å². The molecule has 0 aliphatic carbocycles. The number of rotatable bonds is 52. The number of nitrogens with one attached hydrogen (secondary N) is 1. The highest BCUT2D eigenvalue weighted by Crippen LogP contribution is 2.43. The van der Waals surface area contributed by atoms with Gasteiger partial charge in [-0.1, -0.05) is 245 Å². The molecule has 3 atom stereocenters. The van der Waals surface area contributed by atoms with Crippen molar-refractivity contribution in [3.8, 4) is 0 Å². The quantitative estimate of drug-likeness (QED) is 0.0243. The second kappa shape index (κ2) is 53.7. The molecule has 3 N–H and O–H groups in total. The minimum Gasteiger partial charge on any atom is -0.387 e. The van der Waals surface area contributed by atoms with E-state index in [1.807, 2.05) is 27.2 Å². The normalized spacial score (nSPS) is 14.8. The predicted octanol–water partition coefficient (Wildman–Crippen LogP) is 18.1. The van der Waals surface area contributed by atoms with Gasteiger partial charge in [-0.15, -0.1) is 0 Å². The zero-order chi connectivity index (χ0) is 53.5. The van der Waals surface area contributed by atoms with Crippen molar-refractivity contribution in [1.82, 2.24) is 5.32 Å². The van der Waals surface area contributed by atoms with Crippen LogP contribution in [0.5, 0.6) is 0 Å². The molecule has 0 aliphatic heterocycles. The molecule has 1 amide bonds. The van der Waals surface area contributed by atoms with E-state index in [1.54, 1.807) is 6.08 Å². The maximum absolute atomic E-state index is 13.0. The number of unbranched alkanes of at least 4 members (excludes halogenated alkanes) is 21. The Kier molecular flexibility index (Phi) is 51.4. The molecular formula is C64H112N2O6P+. The van der Waals surface area contributed by atoms with E-state index in [4.69, 9.17) is 9.05 Å². The van der Waals surface area contributed by atoms with E-state index in [-0.39, 0.29) is 25.5 Å². The van der Waals surface area contributed by atoms with E-state index < -0.39 is 20.0 Å². The molecule has 0 rings (SSSR count). The van der Waals surface area contributed by atoms with Crippen molar-refractivity contribution >= 4 is 13.7 Å². The number of carbonyl (C=O) groups excluding carboxylic acids is 1. The van der Waals surface area contributed by atoms with Crippen LogP contribution >= 0.6 is 7.82 Å². The molecule has 0 saturated heterocycles. The van der Waals surface area contributed by atoms with Crippen LogP contribution in [0.15, 0.2) is 122 Å². The first kappa shape index (κ1) is 69.9. The van der Waals surface area contributed by atoms with Crippen molar-refractivity contribution in [3.05, 3.63) is 122 Å². The number of aliphatic hydroxyl groups excluding tert-OH is 1. The lowest BCUT2D eigenvalue weighted by Crippen LogP contribution is -2.45. The van der Waals surface area contributed by atoms with Crippen LogP contribution in [0, 0.1) is 0 Å². The van der Waals surface area contributed by atoms with Gasteiger partial charge in [0.25, 0.3) is 0 Å². The summed E-state index contributed by atoms with van der Waals surface area (Å²) < 4.78 is 23.7. The van der Waals surface area contributed by atoms with Crippen LogP contribution in [-0.4, -0.2) is 73.4 Å².